The van der Waals surface area contributed by atoms with Gasteiger partial charge in [0.1, 0.15) is 0 Å². The third-order valence-electron chi connectivity index (χ3n) is 4.75. The highest BCUT2D eigenvalue weighted by Crippen LogP contribution is 2.23. The van der Waals surface area contributed by atoms with Gasteiger partial charge in [0, 0.05) is 22.2 Å². The average Bonchev–Trinajstić information content (AvgIpc) is 3.25. The van der Waals surface area contributed by atoms with E-state index < -0.39 is 0 Å². The maximum atomic E-state index is 12.4. The van der Waals surface area contributed by atoms with E-state index in [9.17, 15) is 9.59 Å². The molecule has 0 aliphatic carbocycles. The SMILES string of the molecule is Cc1nc(-c2ccc(NC(=O)CNC(=O)c3ccc(-c4ccccc4)cc3)cc2)cs1. The largest absolute Gasteiger partial charge is 0.343 e. The normalized spacial score (nSPS) is 10.5. The molecule has 1 heterocycles. The van der Waals surface area contributed by atoms with E-state index in [-0.39, 0.29) is 18.4 Å². The fourth-order valence-corrected chi connectivity index (χ4v) is 3.75. The number of rotatable bonds is 6. The smallest absolute Gasteiger partial charge is 0.251 e. The minimum Gasteiger partial charge on any atom is -0.343 e. The Kier molecular flexibility index (Phi) is 6.19. The number of amides is 2. The van der Waals surface area contributed by atoms with Crippen molar-refractivity contribution in [3.05, 3.63) is 94.8 Å². The van der Waals surface area contributed by atoms with Gasteiger partial charge in [0.2, 0.25) is 5.91 Å². The molecule has 5 nitrogen and oxygen atoms in total. The summed E-state index contributed by atoms with van der Waals surface area (Å²) < 4.78 is 0. The number of nitrogens with one attached hydrogen (secondary N) is 2. The van der Waals surface area contributed by atoms with Gasteiger partial charge in [-0.05, 0) is 42.3 Å². The maximum Gasteiger partial charge on any atom is 0.251 e. The van der Waals surface area contributed by atoms with Crippen molar-refractivity contribution in [2.24, 2.45) is 0 Å². The van der Waals surface area contributed by atoms with Gasteiger partial charge in [-0.25, -0.2) is 4.98 Å². The number of nitrogens with zero attached hydrogens (tertiary/aromatic N) is 1. The quantitative estimate of drug-likeness (QED) is 0.447. The molecule has 0 aliphatic rings. The molecule has 0 saturated heterocycles. The first kappa shape index (κ1) is 20.5. The van der Waals surface area contributed by atoms with E-state index in [1.54, 1.807) is 23.5 Å². The lowest BCUT2D eigenvalue weighted by Gasteiger charge is -2.08. The summed E-state index contributed by atoms with van der Waals surface area (Å²) in [5.74, 6) is -0.574. The van der Waals surface area contributed by atoms with Crippen LogP contribution in [0.4, 0.5) is 5.69 Å². The first-order valence-electron chi connectivity index (χ1n) is 9.84. The van der Waals surface area contributed by atoms with Gasteiger partial charge >= 0.3 is 0 Å². The Balaban J connectivity index is 1.30. The third kappa shape index (κ3) is 5.24. The predicted octanol–water partition coefficient (Wildman–Crippen LogP) is 5.15. The van der Waals surface area contributed by atoms with E-state index in [4.69, 9.17) is 0 Å². The molecule has 154 valence electrons. The van der Waals surface area contributed by atoms with Crippen molar-refractivity contribution >= 4 is 28.8 Å². The standard InChI is InChI=1S/C25H21N3O2S/c1-17-27-23(16-31-17)20-11-13-22(14-12-20)28-24(29)15-26-25(30)21-9-7-19(8-10-21)18-5-3-2-4-6-18/h2-14,16H,15H2,1H3,(H,26,30)(H,28,29). The molecule has 1 aromatic heterocycles. The highest BCUT2D eigenvalue weighted by molar-refractivity contribution is 7.09. The Morgan fingerprint density at radius 2 is 1.48 bits per heavy atom. The average molecular weight is 428 g/mol. The number of carbonyl (C=O) groups excluding carboxylic acids is 2. The van der Waals surface area contributed by atoms with Crippen molar-refractivity contribution in [1.82, 2.24) is 10.3 Å². The number of carbonyl (C=O) groups is 2. The van der Waals surface area contributed by atoms with Gasteiger partial charge in [0.15, 0.2) is 0 Å². The molecular weight excluding hydrogens is 406 g/mol. The molecule has 2 amide bonds. The van der Waals surface area contributed by atoms with Crippen molar-refractivity contribution in [2.45, 2.75) is 6.92 Å². The van der Waals surface area contributed by atoms with Crippen LogP contribution < -0.4 is 10.6 Å². The molecule has 0 unspecified atom stereocenters. The molecule has 0 saturated carbocycles. The minimum atomic E-state index is -0.288. The zero-order valence-corrected chi connectivity index (χ0v) is 17.8. The van der Waals surface area contributed by atoms with Crippen LogP contribution in [0.5, 0.6) is 0 Å². The second kappa shape index (κ2) is 9.36. The molecule has 31 heavy (non-hydrogen) atoms. The van der Waals surface area contributed by atoms with Crippen LogP contribution in [0.25, 0.3) is 22.4 Å². The van der Waals surface area contributed by atoms with E-state index in [1.807, 2.05) is 79.0 Å². The van der Waals surface area contributed by atoms with Gasteiger partial charge in [-0.2, -0.15) is 0 Å². The molecule has 4 aromatic rings. The summed E-state index contributed by atoms with van der Waals surface area (Å²) in [6.07, 6.45) is 0. The number of hydrogen-bond donors (Lipinski definition) is 2. The lowest BCUT2D eigenvalue weighted by atomic mass is 10.0. The van der Waals surface area contributed by atoms with E-state index in [2.05, 4.69) is 15.6 Å². The molecular formula is C25H21N3O2S. The summed E-state index contributed by atoms with van der Waals surface area (Å²) in [6.45, 7) is 1.86. The molecule has 2 N–H and O–H groups in total. The second-order valence-corrected chi connectivity index (χ2v) is 8.07. The fraction of sp³-hybridized carbons (Fsp3) is 0.0800. The van der Waals surface area contributed by atoms with Crippen molar-refractivity contribution in [1.29, 1.82) is 0 Å². The molecule has 0 atom stereocenters. The molecule has 3 aromatic carbocycles. The summed E-state index contributed by atoms with van der Waals surface area (Å²) in [6, 6.07) is 24.7. The van der Waals surface area contributed by atoms with Crippen LogP contribution in [0, 0.1) is 6.92 Å². The number of aromatic nitrogens is 1. The van der Waals surface area contributed by atoms with E-state index in [1.165, 1.54) is 0 Å². The number of hydrogen-bond acceptors (Lipinski definition) is 4. The van der Waals surface area contributed by atoms with E-state index in [0.717, 1.165) is 27.4 Å². The maximum absolute atomic E-state index is 12.4. The fourth-order valence-electron chi connectivity index (χ4n) is 3.13. The van der Waals surface area contributed by atoms with Crippen LogP contribution in [0.2, 0.25) is 0 Å². The monoisotopic (exact) mass is 427 g/mol. The lowest BCUT2D eigenvalue weighted by Crippen LogP contribution is -2.32. The molecule has 0 bridgehead atoms. The van der Waals surface area contributed by atoms with Crippen molar-refractivity contribution in [3.63, 3.8) is 0 Å². The van der Waals surface area contributed by atoms with Crippen LogP contribution in [-0.4, -0.2) is 23.3 Å². The number of anilines is 1. The van der Waals surface area contributed by atoms with Gasteiger partial charge in [0.05, 0.1) is 17.2 Å². The minimum absolute atomic E-state index is 0.105. The zero-order valence-electron chi connectivity index (χ0n) is 17.0. The van der Waals surface area contributed by atoms with Gasteiger partial charge in [-0.15, -0.1) is 11.3 Å². The molecule has 4 rings (SSSR count). The van der Waals surface area contributed by atoms with Crippen molar-refractivity contribution in [2.75, 3.05) is 11.9 Å². The van der Waals surface area contributed by atoms with E-state index in [0.29, 0.717) is 11.3 Å². The molecule has 0 fully saturated rings. The number of aryl methyl sites for hydroxylation is 1. The van der Waals surface area contributed by atoms with Crippen LogP contribution in [0.1, 0.15) is 15.4 Å². The molecule has 6 heteroatoms. The molecule has 0 aliphatic heterocycles. The van der Waals surface area contributed by atoms with Crippen LogP contribution in [0.3, 0.4) is 0 Å². The van der Waals surface area contributed by atoms with Crippen LogP contribution in [-0.2, 0) is 4.79 Å². The highest BCUT2D eigenvalue weighted by Gasteiger charge is 2.09. The third-order valence-corrected chi connectivity index (χ3v) is 5.52. The van der Waals surface area contributed by atoms with Gasteiger partial charge < -0.3 is 10.6 Å². The second-order valence-electron chi connectivity index (χ2n) is 7.00. The summed E-state index contributed by atoms with van der Waals surface area (Å²) >= 11 is 1.60. The Morgan fingerprint density at radius 1 is 0.839 bits per heavy atom. The topological polar surface area (TPSA) is 71.1 Å². The Labute approximate surface area is 184 Å². The van der Waals surface area contributed by atoms with Gasteiger partial charge in [-0.1, -0.05) is 54.6 Å². The Hall–Kier alpha value is -3.77. The van der Waals surface area contributed by atoms with Crippen LogP contribution >= 0.6 is 11.3 Å². The first-order chi connectivity index (χ1) is 15.1. The zero-order chi connectivity index (χ0) is 21.6. The van der Waals surface area contributed by atoms with Gasteiger partial charge in [-0.3, -0.25) is 9.59 Å². The lowest BCUT2D eigenvalue weighted by molar-refractivity contribution is -0.115. The van der Waals surface area contributed by atoms with E-state index >= 15 is 0 Å². The number of thiazole rings is 1. The van der Waals surface area contributed by atoms with Gasteiger partial charge in [0.25, 0.3) is 5.91 Å². The Bertz CT molecular complexity index is 1180. The summed E-state index contributed by atoms with van der Waals surface area (Å²) in [5.41, 5.74) is 5.22. The highest BCUT2D eigenvalue weighted by atomic mass is 32.1. The summed E-state index contributed by atoms with van der Waals surface area (Å²) in [7, 11) is 0. The Morgan fingerprint density at radius 3 is 2.13 bits per heavy atom. The van der Waals surface area contributed by atoms with Crippen LogP contribution in [0.15, 0.2) is 84.2 Å². The summed E-state index contributed by atoms with van der Waals surface area (Å²) in [5, 5.41) is 8.47. The first-order valence-corrected chi connectivity index (χ1v) is 10.7. The van der Waals surface area contributed by atoms with Crippen molar-refractivity contribution < 1.29 is 9.59 Å². The predicted molar refractivity (Wildman–Crippen MR) is 125 cm³/mol. The molecule has 0 radical (unpaired) electrons. The number of benzene rings is 3. The van der Waals surface area contributed by atoms with Crippen molar-refractivity contribution in [3.8, 4) is 22.4 Å². The summed E-state index contributed by atoms with van der Waals surface area (Å²) in [4.78, 5) is 29.0. The molecule has 0 spiro atoms.